The zero-order chi connectivity index (χ0) is 24.3. The largest absolute Gasteiger partial charge is 0.333 e. The Kier molecular flexibility index (Phi) is 9.29. The summed E-state index contributed by atoms with van der Waals surface area (Å²) in [6.07, 6.45) is 5.74. The molecule has 1 aromatic heterocycles. The van der Waals surface area contributed by atoms with Crippen LogP contribution in [0.25, 0.3) is 0 Å². The first kappa shape index (κ1) is 25.1. The predicted octanol–water partition coefficient (Wildman–Crippen LogP) is 5.57. The van der Waals surface area contributed by atoms with Gasteiger partial charge >= 0.3 is 0 Å². The molecule has 0 saturated heterocycles. The lowest BCUT2D eigenvalue weighted by atomic mass is 9.39. The lowest BCUT2D eigenvalue weighted by molar-refractivity contribution is 0.561. The van der Waals surface area contributed by atoms with Crippen LogP contribution in [0.3, 0.4) is 0 Å². The molecule has 0 N–H and O–H groups in total. The van der Waals surface area contributed by atoms with Gasteiger partial charge in [-0.15, -0.1) is 0 Å². The summed E-state index contributed by atoms with van der Waals surface area (Å²) < 4.78 is 2.08. The molecule has 1 unspecified atom stereocenters. The minimum Gasteiger partial charge on any atom is -0.333 e. The molecule has 0 bridgehead atoms. The van der Waals surface area contributed by atoms with Crippen LogP contribution in [0.5, 0.6) is 0 Å². The minimum absolute atomic E-state index is 0.00548. The maximum atomic E-state index is 8.92. The number of aromatic nitrogens is 2. The van der Waals surface area contributed by atoms with Crippen LogP contribution in [0.4, 0.5) is 0 Å². The van der Waals surface area contributed by atoms with Crippen molar-refractivity contribution in [1.82, 2.24) is 9.55 Å². The van der Waals surface area contributed by atoms with Crippen molar-refractivity contribution in [2.24, 2.45) is 5.92 Å². The molecular formula is C30H34BN3. The first-order valence-corrected chi connectivity index (χ1v) is 12.1. The van der Waals surface area contributed by atoms with Gasteiger partial charge in [0.1, 0.15) is 5.82 Å². The fourth-order valence-corrected chi connectivity index (χ4v) is 4.33. The van der Waals surface area contributed by atoms with Gasteiger partial charge < -0.3 is 4.57 Å². The van der Waals surface area contributed by atoms with E-state index in [-0.39, 0.29) is 5.92 Å². The van der Waals surface area contributed by atoms with Crippen molar-refractivity contribution in [2.45, 2.75) is 47.0 Å². The number of nitriles is 1. The number of hydrogen-bond acceptors (Lipinski definition) is 2. The van der Waals surface area contributed by atoms with Crippen molar-refractivity contribution >= 4 is 17.6 Å². The standard InChI is InChI=1S/C16H19N3.C14H15B/c1-12(10-17)11-19-8-7-18-16(19)9-15-13(2)5-4-6-14(15)3;1-2-15(13-9-5-3-6-10-13)14-11-7-4-8-12-14/h4-8,12H,9,11H2,1-3H3;3-12H,2H2,1H3. The van der Waals surface area contributed by atoms with Gasteiger partial charge in [-0.05, 0) is 37.5 Å². The van der Waals surface area contributed by atoms with Crippen LogP contribution in [-0.2, 0) is 13.0 Å². The van der Waals surface area contributed by atoms with Gasteiger partial charge in [-0.1, -0.05) is 103 Å². The molecule has 34 heavy (non-hydrogen) atoms. The highest BCUT2D eigenvalue weighted by Gasteiger charge is 2.15. The summed E-state index contributed by atoms with van der Waals surface area (Å²) in [7, 11) is 0. The van der Waals surface area contributed by atoms with Crippen LogP contribution in [-0.4, -0.2) is 16.3 Å². The normalized spacial score (nSPS) is 11.1. The molecule has 0 fully saturated rings. The Labute approximate surface area is 205 Å². The van der Waals surface area contributed by atoms with Crippen molar-refractivity contribution in [2.75, 3.05) is 0 Å². The van der Waals surface area contributed by atoms with Crippen LogP contribution in [0.2, 0.25) is 6.32 Å². The third kappa shape index (κ3) is 6.72. The Morgan fingerprint density at radius 2 is 1.44 bits per heavy atom. The predicted molar refractivity (Wildman–Crippen MR) is 144 cm³/mol. The highest BCUT2D eigenvalue weighted by Crippen LogP contribution is 2.17. The minimum atomic E-state index is 0.00548. The first-order valence-electron chi connectivity index (χ1n) is 12.1. The van der Waals surface area contributed by atoms with Gasteiger partial charge in [-0.3, -0.25) is 0 Å². The summed E-state index contributed by atoms with van der Waals surface area (Å²) >= 11 is 0. The zero-order valence-corrected chi connectivity index (χ0v) is 20.8. The molecule has 172 valence electrons. The molecule has 0 aliphatic rings. The lowest BCUT2D eigenvalue weighted by Crippen LogP contribution is -2.41. The maximum absolute atomic E-state index is 8.92. The monoisotopic (exact) mass is 447 g/mol. The fraction of sp³-hybridized carbons (Fsp3) is 0.267. The average molecular weight is 447 g/mol. The second-order valence-corrected chi connectivity index (χ2v) is 8.86. The lowest BCUT2D eigenvalue weighted by Gasteiger charge is -2.12. The molecule has 4 heteroatoms. The van der Waals surface area contributed by atoms with Gasteiger partial charge in [0.2, 0.25) is 6.71 Å². The summed E-state index contributed by atoms with van der Waals surface area (Å²) in [4.78, 5) is 4.43. The van der Waals surface area contributed by atoms with E-state index in [4.69, 9.17) is 5.26 Å². The number of imidazole rings is 1. The third-order valence-electron chi connectivity index (χ3n) is 6.28. The van der Waals surface area contributed by atoms with Crippen molar-refractivity contribution in [3.63, 3.8) is 0 Å². The van der Waals surface area contributed by atoms with E-state index in [0.717, 1.165) is 18.6 Å². The molecule has 0 aliphatic carbocycles. The Balaban J connectivity index is 0.000000196. The van der Waals surface area contributed by atoms with Gasteiger partial charge in [0.05, 0.1) is 12.0 Å². The van der Waals surface area contributed by atoms with Gasteiger partial charge in [-0.2, -0.15) is 5.26 Å². The van der Waals surface area contributed by atoms with Crippen molar-refractivity contribution in [3.8, 4) is 6.07 Å². The molecule has 4 aromatic rings. The van der Waals surface area contributed by atoms with E-state index in [1.165, 1.54) is 27.6 Å². The Hall–Kier alpha value is -3.58. The second kappa shape index (κ2) is 12.6. The van der Waals surface area contributed by atoms with E-state index < -0.39 is 0 Å². The number of rotatable bonds is 7. The van der Waals surface area contributed by atoms with Crippen LogP contribution in [0.1, 0.15) is 36.4 Å². The summed E-state index contributed by atoms with van der Waals surface area (Å²) in [5, 5.41) is 8.92. The second-order valence-electron chi connectivity index (χ2n) is 8.86. The van der Waals surface area contributed by atoms with Crippen molar-refractivity contribution in [3.05, 3.63) is 114 Å². The van der Waals surface area contributed by atoms with E-state index in [0.29, 0.717) is 13.3 Å². The number of benzene rings is 3. The molecule has 0 radical (unpaired) electrons. The van der Waals surface area contributed by atoms with Crippen LogP contribution >= 0.6 is 0 Å². The quantitative estimate of drug-likeness (QED) is 0.348. The summed E-state index contributed by atoms with van der Waals surface area (Å²) in [5.74, 6) is 1.03. The van der Waals surface area contributed by atoms with Gasteiger partial charge in [0, 0.05) is 25.4 Å². The topological polar surface area (TPSA) is 41.6 Å². The molecule has 3 aromatic carbocycles. The smallest absolute Gasteiger partial charge is 0.209 e. The molecule has 0 saturated carbocycles. The van der Waals surface area contributed by atoms with Crippen molar-refractivity contribution in [1.29, 1.82) is 5.26 Å². The molecule has 1 atom stereocenters. The molecule has 3 nitrogen and oxygen atoms in total. The molecule has 0 amide bonds. The number of aryl methyl sites for hydroxylation is 2. The molecule has 1 heterocycles. The molecular weight excluding hydrogens is 413 g/mol. The van der Waals surface area contributed by atoms with Crippen LogP contribution in [0, 0.1) is 31.1 Å². The van der Waals surface area contributed by atoms with E-state index in [2.05, 4.69) is 115 Å². The molecule has 0 spiro atoms. The summed E-state index contributed by atoms with van der Waals surface area (Å²) in [5.41, 5.74) is 6.74. The van der Waals surface area contributed by atoms with Gasteiger partial charge in [0.25, 0.3) is 0 Å². The summed E-state index contributed by atoms with van der Waals surface area (Å²) in [6, 6.07) is 30.0. The van der Waals surface area contributed by atoms with Crippen LogP contribution in [0.15, 0.2) is 91.3 Å². The number of nitrogens with zero attached hydrogens (tertiary/aromatic N) is 3. The Morgan fingerprint density at radius 1 is 0.882 bits per heavy atom. The van der Waals surface area contributed by atoms with E-state index in [1.807, 2.05) is 19.3 Å². The number of hydrogen-bond donors (Lipinski definition) is 0. The maximum Gasteiger partial charge on any atom is 0.209 e. The highest BCUT2D eigenvalue weighted by molar-refractivity contribution is 6.85. The van der Waals surface area contributed by atoms with E-state index >= 15 is 0 Å². The molecule has 4 rings (SSSR count). The highest BCUT2D eigenvalue weighted by atomic mass is 15.1. The van der Waals surface area contributed by atoms with Gasteiger partial charge in [-0.25, -0.2) is 4.98 Å². The first-order chi connectivity index (χ1) is 16.5. The van der Waals surface area contributed by atoms with E-state index in [1.54, 1.807) is 0 Å². The Bertz CT molecular complexity index is 1130. The van der Waals surface area contributed by atoms with Gasteiger partial charge in [0.15, 0.2) is 0 Å². The molecule has 0 aliphatic heterocycles. The zero-order valence-electron chi connectivity index (χ0n) is 20.8. The Morgan fingerprint density at radius 3 is 1.94 bits per heavy atom. The van der Waals surface area contributed by atoms with Crippen molar-refractivity contribution < 1.29 is 0 Å². The summed E-state index contributed by atoms with van der Waals surface area (Å²) in [6.45, 7) is 9.68. The average Bonchev–Trinajstić information content (AvgIpc) is 3.30. The third-order valence-corrected chi connectivity index (χ3v) is 6.28. The fourth-order valence-electron chi connectivity index (χ4n) is 4.33. The van der Waals surface area contributed by atoms with Crippen LogP contribution < -0.4 is 10.9 Å². The van der Waals surface area contributed by atoms with E-state index in [9.17, 15) is 0 Å². The SMILES string of the molecule is CCB(c1ccccc1)c1ccccc1.Cc1cccc(C)c1Cc1nccn1CC(C)C#N.